The van der Waals surface area contributed by atoms with Crippen LogP contribution in [0.5, 0.6) is 0 Å². The fraction of sp³-hybridized carbons (Fsp3) is 0.476. The average molecular weight is 417 g/mol. The summed E-state index contributed by atoms with van der Waals surface area (Å²) in [6, 6.07) is 5.41. The molecule has 1 atom stereocenters. The van der Waals surface area contributed by atoms with Gasteiger partial charge in [0.1, 0.15) is 10.8 Å². The second-order valence-electron chi connectivity index (χ2n) is 7.72. The normalized spacial score (nSPS) is 20.7. The molecule has 0 spiro atoms. The van der Waals surface area contributed by atoms with Crippen LogP contribution in [-0.4, -0.2) is 69.4 Å². The number of anilines is 1. The number of nitrogens with zero attached hydrogens (tertiary/aromatic N) is 4. The third kappa shape index (κ3) is 4.52. The van der Waals surface area contributed by atoms with Gasteiger partial charge in [0.25, 0.3) is 5.91 Å². The Hall–Kier alpha value is -2.22. The number of halogens is 1. The molecule has 0 bridgehead atoms. The second kappa shape index (κ2) is 8.65. The van der Waals surface area contributed by atoms with Gasteiger partial charge in [-0.3, -0.25) is 9.78 Å². The van der Waals surface area contributed by atoms with Crippen LogP contribution in [0.15, 0.2) is 30.6 Å². The molecule has 2 aliphatic rings. The number of piperidine rings is 2. The Balaban J connectivity index is 1.57. The molecule has 0 saturated carbocycles. The Labute approximate surface area is 175 Å². The molecule has 2 N–H and O–H groups in total. The predicted molar refractivity (Wildman–Crippen MR) is 111 cm³/mol. The van der Waals surface area contributed by atoms with Crippen LogP contribution in [0.4, 0.5) is 5.69 Å². The fourth-order valence-corrected chi connectivity index (χ4v) is 4.14. The lowest BCUT2D eigenvalue weighted by molar-refractivity contribution is 0.0541. The van der Waals surface area contributed by atoms with Gasteiger partial charge in [0, 0.05) is 55.4 Å². The number of aromatic nitrogens is 2. The van der Waals surface area contributed by atoms with Crippen LogP contribution in [0.3, 0.4) is 0 Å². The van der Waals surface area contributed by atoms with Crippen LogP contribution in [0.25, 0.3) is 11.1 Å². The van der Waals surface area contributed by atoms with Gasteiger partial charge in [-0.05, 0) is 37.8 Å². The van der Waals surface area contributed by atoms with E-state index in [1.165, 1.54) is 0 Å². The number of carbonyl (C=O) groups is 1. The summed E-state index contributed by atoms with van der Waals surface area (Å²) >= 11 is 6.14. The van der Waals surface area contributed by atoms with E-state index in [9.17, 15) is 15.0 Å². The number of aliphatic hydroxyl groups is 2. The number of amides is 1. The first-order valence-electron chi connectivity index (χ1n) is 10.0. The maximum absolute atomic E-state index is 12.7. The van der Waals surface area contributed by atoms with Crippen LogP contribution in [0.1, 0.15) is 36.2 Å². The highest BCUT2D eigenvalue weighted by molar-refractivity contribution is 6.29. The van der Waals surface area contributed by atoms with E-state index in [2.05, 4.69) is 14.9 Å². The minimum absolute atomic E-state index is 0.114. The minimum Gasteiger partial charge on any atom is -0.393 e. The molecule has 0 radical (unpaired) electrons. The summed E-state index contributed by atoms with van der Waals surface area (Å²) in [6.07, 6.45) is 5.64. The average Bonchev–Trinajstić information content (AvgIpc) is 2.74. The zero-order chi connectivity index (χ0) is 20.4. The monoisotopic (exact) mass is 416 g/mol. The zero-order valence-corrected chi connectivity index (χ0v) is 16.9. The Bertz CT molecular complexity index is 869. The standard InChI is InChI=1S/C21H25ClN4O3/c22-20-10-19(26-7-1-2-16(28)13-26)17(12-24-20)14-3-4-18(23-11-14)21(29)25-8-5-15(27)6-9-25/h3-4,10-12,15-16,27-28H,1-2,5-9,13H2/t16-/m0/s1. The lowest BCUT2D eigenvalue weighted by atomic mass is 10.0. The van der Waals surface area contributed by atoms with Gasteiger partial charge in [0.05, 0.1) is 12.2 Å². The number of pyridine rings is 2. The van der Waals surface area contributed by atoms with Crippen molar-refractivity contribution in [2.24, 2.45) is 0 Å². The lowest BCUT2D eigenvalue weighted by Crippen LogP contribution is -2.40. The van der Waals surface area contributed by atoms with E-state index in [0.29, 0.717) is 43.3 Å². The molecule has 4 rings (SSSR count). The highest BCUT2D eigenvalue weighted by Crippen LogP contribution is 2.33. The van der Waals surface area contributed by atoms with Crippen molar-refractivity contribution in [3.63, 3.8) is 0 Å². The smallest absolute Gasteiger partial charge is 0.272 e. The minimum atomic E-state index is -0.357. The number of aliphatic hydroxyl groups excluding tert-OH is 2. The first-order chi connectivity index (χ1) is 14.0. The van der Waals surface area contributed by atoms with Gasteiger partial charge in [-0.1, -0.05) is 17.7 Å². The summed E-state index contributed by atoms with van der Waals surface area (Å²) < 4.78 is 0. The highest BCUT2D eigenvalue weighted by atomic mass is 35.5. The third-order valence-electron chi connectivity index (χ3n) is 5.63. The molecular formula is C21H25ClN4O3. The molecule has 8 heteroatoms. The van der Waals surface area contributed by atoms with Crippen LogP contribution >= 0.6 is 11.6 Å². The topological polar surface area (TPSA) is 89.8 Å². The first kappa shape index (κ1) is 20.1. The van der Waals surface area contributed by atoms with E-state index >= 15 is 0 Å². The van der Waals surface area contributed by atoms with E-state index in [1.807, 2.05) is 12.1 Å². The molecule has 2 aliphatic heterocycles. The number of β-amino-alcohol motifs (C(OH)–C–C–N with tert-alkyl or cyclic N) is 1. The van der Waals surface area contributed by atoms with Crippen LogP contribution in [0, 0.1) is 0 Å². The molecule has 0 aromatic carbocycles. The Morgan fingerprint density at radius 1 is 1.03 bits per heavy atom. The van der Waals surface area contributed by atoms with Gasteiger partial charge >= 0.3 is 0 Å². The van der Waals surface area contributed by atoms with Crippen molar-refractivity contribution in [1.82, 2.24) is 14.9 Å². The summed E-state index contributed by atoms with van der Waals surface area (Å²) in [5, 5.41) is 20.1. The molecule has 29 heavy (non-hydrogen) atoms. The number of carbonyl (C=O) groups excluding carboxylic acids is 1. The van der Waals surface area contributed by atoms with Crippen molar-refractivity contribution in [1.29, 1.82) is 0 Å². The highest BCUT2D eigenvalue weighted by Gasteiger charge is 2.24. The first-order valence-corrected chi connectivity index (χ1v) is 10.4. The summed E-state index contributed by atoms with van der Waals surface area (Å²) in [5.41, 5.74) is 3.02. The van der Waals surface area contributed by atoms with E-state index in [1.54, 1.807) is 23.4 Å². The van der Waals surface area contributed by atoms with E-state index < -0.39 is 0 Å². The molecular weight excluding hydrogens is 392 g/mol. The molecule has 1 amide bonds. The van der Waals surface area contributed by atoms with Gasteiger partial charge < -0.3 is 20.0 Å². The number of hydrogen-bond acceptors (Lipinski definition) is 6. The number of hydrogen-bond donors (Lipinski definition) is 2. The van der Waals surface area contributed by atoms with Crippen LogP contribution in [-0.2, 0) is 0 Å². The SMILES string of the molecule is O=C(c1ccc(-c2cnc(Cl)cc2N2CCC[C@H](O)C2)cn1)N1CCC(O)CC1. The van der Waals surface area contributed by atoms with Crippen molar-refractivity contribution >= 4 is 23.2 Å². The molecule has 2 fully saturated rings. The van der Waals surface area contributed by atoms with Gasteiger partial charge in [-0.15, -0.1) is 0 Å². The maximum atomic E-state index is 12.7. The predicted octanol–water partition coefficient (Wildman–Crippen LogP) is 2.35. The molecule has 7 nitrogen and oxygen atoms in total. The number of likely N-dealkylation sites (tertiary alicyclic amines) is 1. The molecule has 0 unspecified atom stereocenters. The second-order valence-corrected chi connectivity index (χ2v) is 8.11. The molecule has 0 aliphatic carbocycles. The lowest BCUT2D eigenvalue weighted by Gasteiger charge is -2.33. The summed E-state index contributed by atoms with van der Waals surface area (Å²) in [7, 11) is 0. The fourth-order valence-electron chi connectivity index (χ4n) is 3.99. The molecule has 4 heterocycles. The van der Waals surface area contributed by atoms with Gasteiger partial charge in [0.2, 0.25) is 0 Å². The van der Waals surface area contributed by atoms with Crippen LogP contribution in [0.2, 0.25) is 5.15 Å². The quantitative estimate of drug-likeness (QED) is 0.746. The number of rotatable bonds is 3. The Kier molecular flexibility index (Phi) is 5.99. The summed E-state index contributed by atoms with van der Waals surface area (Å²) in [4.78, 5) is 25.1. The van der Waals surface area contributed by atoms with E-state index in [4.69, 9.17) is 11.6 Å². The zero-order valence-electron chi connectivity index (χ0n) is 16.2. The Morgan fingerprint density at radius 2 is 1.83 bits per heavy atom. The van der Waals surface area contributed by atoms with Crippen molar-refractivity contribution in [3.8, 4) is 11.1 Å². The van der Waals surface area contributed by atoms with Crippen molar-refractivity contribution in [2.75, 3.05) is 31.1 Å². The summed E-state index contributed by atoms with van der Waals surface area (Å²) in [5.74, 6) is -0.114. The molecule has 154 valence electrons. The van der Waals surface area contributed by atoms with Gasteiger partial charge in [-0.25, -0.2) is 4.98 Å². The Morgan fingerprint density at radius 3 is 2.52 bits per heavy atom. The van der Waals surface area contributed by atoms with E-state index in [0.717, 1.165) is 36.2 Å². The largest absolute Gasteiger partial charge is 0.393 e. The van der Waals surface area contributed by atoms with Crippen molar-refractivity contribution < 1.29 is 15.0 Å². The van der Waals surface area contributed by atoms with E-state index in [-0.39, 0.29) is 18.1 Å². The molecule has 2 saturated heterocycles. The molecule has 2 aromatic heterocycles. The molecule has 2 aromatic rings. The third-order valence-corrected chi connectivity index (χ3v) is 5.84. The van der Waals surface area contributed by atoms with Crippen LogP contribution < -0.4 is 4.90 Å². The van der Waals surface area contributed by atoms with Crippen molar-refractivity contribution in [3.05, 3.63) is 41.4 Å². The van der Waals surface area contributed by atoms with Gasteiger partial charge in [-0.2, -0.15) is 0 Å². The maximum Gasteiger partial charge on any atom is 0.272 e. The summed E-state index contributed by atoms with van der Waals surface area (Å²) in [6.45, 7) is 2.49. The van der Waals surface area contributed by atoms with Gasteiger partial charge in [0.15, 0.2) is 0 Å². The van der Waals surface area contributed by atoms with Crippen molar-refractivity contribution in [2.45, 2.75) is 37.9 Å².